The maximum atomic E-state index is 13.8. The smallest absolute Gasteiger partial charge is 0.255 e. The summed E-state index contributed by atoms with van der Waals surface area (Å²) in [5.41, 5.74) is 2.53. The van der Waals surface area contributed by atoms with E-state index in [9.17, 15) is 34.8 Å². The number of amides is 1. The van der Waals surface area contributed by atoms with Gasteiger partial charge in [0.1, 0.15) is 28.7 Å². The molecular formula is C25H32N4O7. The number of anilines is 1. The van der Waals surface area contributed by atoms with Crippen molar-refractivity contribution in [3.8, 4) is 5.75 Å². The monoisotopic (exact) mass is 500 g/mol. The normalized spacial score (nSPS) is 27.7. The molecule has 1 aromatic heterocycles. The second kappa shape index (κ2) is 8.59. The maximum absolute atomic E-state index is 13.8. The number of rotatable bonds is 5. The fourth-order valence-corrected chi connectivity index (χ4v) is 6.02. The molecule has 36 heavy (non-hydrogen) atoms. The summed E-state index contributed by atoms with van der Waals surface area (Å²) in [6, 6.07) is -1.03. The number of primary amides is 1. The number of nitrogens with two attached hydrogens (primary N) is 1. The lowest BCUT2D eigenvalue weighted by molar-refractivity contribution is -0.148. The first-order valence-corrected chi connectivity index (χ1v) is 11.9. The highest BCUT2D eigenvalue weighted by Crippen LogP contribution is 2.53. The van der Waals surface area contributed by atoms with Gasteiger partial charge in [-0.1, -0.05) is 13.3 Å². The van der Waals surface area contributed by atoms with Crippen LogP contribution in [0.1, 0.15) is 41.4 Å². The number of carbonyl (C=O) groups excluding carboxylic acids is 3. The number of carbonyl (C=O) groups is 3. The Morgan fingerprint density at radius 1 is 1.17 bits per heavy atom. The van der Waals surface area contributed by atoms with Gasteiger partial charge < -0.3 is 31.1 Å². The van der Waals surface area contributed by atoms with E-state index in [1.54, 1.807) is 33.1 Å². The van der Waals surface area contributed by atoms with Crippen molar-refractivity contribution >= 4 is 23.3 Å². The molecule has 0 radical (unpaired) electrons. The molecule has 3 aliphatic rings. The number of nitrogens with zero attached hydrogens (tertiary/aromatic N) is 3. The zero-order valence-corrected chi connectivity index (χ0v) is 21.0. The summed E-state index contributed by atoms with van der Waals surface area (Å²) in [5.74, 6) is -6.14. The molecule has 0 aliphatic heterocycles. The third-order valence-electron chi connectivity index (χ3n) is 7.55. The molecule has 11 heteroatoms. The summed E-state index contributed by atoms with van der Waals surface area (Å²) in [4.78, 5) is 47.1. The van der Waals surface area contributed by atoms with Crippen LogP contribution in [-0.4, -0.2) is 87.6 Å². The van der Waals surface area contributed by atoms with Gasteiger partial charge in [-0.3, -0.25) is 19.3 Å². The maximum Gasteiger partial charge on any atom is 0.255 e. The molecule has 0 fully saturated rings. The molecule has 6 N–H and O–H groups in total. The lowest BCUT2D eigenvalue weighted by Crippen LogP contribution is -2.63. The number of aryl methyl sites for hydroxylation is 1. The molecule has 4 rings (SSSR count). The van der Waals surface area contributed by atoms with Gasteiger partial charge in [0.25, 0.3) is 5.91 Å². The number of Topliss-reactive ketones (excluding diaryl/α,β-unsaturated/α-hetero) is 2. The fraction of sp³-hybridized carbons (Fsp3) is 0.520. The van der Waals surface area contributed by atoms with Gasteiger partial charge in [-0.15, -0.1) is 0 Å². The van der Waals surface area contributed by atoms with Crippen LogP contribution in [0.5, 0.6) is 5.75 Å². The van der Waals surface area contributed by atoms with Crippen molar-refractivity contribution in [2.24, 2.45) is 17.6 Å². The molecule has 11 nitrogen and oxygen atoms in total. The van der Waals surface area contributed by atoms with Crippen LogP contribution in [0.25, 0.3) is 0 Å². The van der Waals surface area contributed by atoms with Gasteiger partial charge in [-0.05, 0) is 39.3 Å². The summed E-state index contributed by atoms with van der Waals surface area (Å²) in [6.45, 7) is 1.91. The summed E-state index contributed by atoms with van der Waals surface area (Å²) in [6.07, 6.45) is 1.33. The molecule has 1 aromatic rings. The molecule has 4 atom stereocenters. The predicted octanol–water partition coefficient (Wildman–Crippen LogP) is 0.534. The third kappa shape index (κ3) is 3.33. The van der Waals surface area contributed by atoms with Crippen molar-refractivity contribution in [2.75, 3.05) is 33.1 Å². The lowest BCUT2D eigenvalue weighted by Gasteiger charge is -2.50. The van der Waals surface area contributed by atoms with Crippen molar-refractivity contribution in [2.45, 2.75) is 44.2 Å². The molecule has 1 heterocycles. The van der Waals surface area contributed by atoms with Gasteiger partial charge in [-0.2, -0.15) is 0 Å². The van der Waals surface area contributed by atoms with Gasteiger partial charge in [0.05, 0.1) is 17.3 Å². The highest BCUT2D eigenvalue weighted by molar-refractivity contribution is 6.24. The molecule has 1 amide bonds. The van der Waals surface area contributed by atoms with E-state index in [2.05, 4.69) is 4.98 Å². The first-order chi connectivity index (χ1) is 16.8. The number of hydrogen-bond acceptors (Lipinski definition) is 10. The van der Waals surface area contributed by atoms with Gasteiger partial charge in [0.15, 0.2) is 11.4 Å². The van der Waals surface area contributed by atoms with Crippen LogP contribution >= 0.6 is 0 Å². The van der Waals surface area contributed by atoms with Crippen LogP contribution in [0.4, 0.5) is 5.82 Å². The van der Waals surface area contributed by atoms with Crippen LogP contribution in [0.3, 0.4) is 0 Å². The topological polar surface area (TPSA) is 178 Å². The number of aliphatic hydroxyl groups is 3. The number of hydrogen-bond donors (Lipinski definition) is 5. The van der Waals surface area contributed by atoms with Crippen molar-refractivity contribution < 1.29 is 34.8 Å². The number of aliphatic hydroxyl groups excluding tert-OH is 2. The second-order valence-corrected chi connectivity index (χ2v) is 10.2. The number of likely N-dealkylation sites (N-methyl/N-ethyl adjacent to an activating group) is 1. The minimum atomic E-state index is -2.65. The molecule has 0 unspecified atom stereocenters. The summed E-state index contributed by atoms with van der Waals surface area (Å²) in [7, 11) is 6.74. The minimum Gasteiger partial charge on any atom is -0.510 e. The van der Waals surface area contributed by atoms with E-state index in [0.29, 0.717) is 29.9 Å². The number of aromatic hydroxyl groups is 1. The van der Waals surface area contributed by atoms with Crippen LogP contribution in [0.15, 0.2) is 22.7 Å². The third-order valence-corrected chi connectivity index (χ3v) is 7.55. The zero-order chi connectivity index (χ0) is 26.9. The van der Waals surface area contributed by atoms with E-state index < -0.39 is 58.0 Å². The Kier molecular flexibility index (Phi) is 6.12. The number of fused-ring (bicyclic) bond motifs is 3. The Hall–Kier alpha value is -3.44. The van der Waals surface area contributed by atoms with Gasteiger partial charge >= 0.3 is 0 Å². The van der Waals surface area contributed by atoms with Gasteiger partial charge in [0, 0.05) is 31.1 Å². The quantitative estimate of drug-likeness (QED) is 0.358. The van der Waals surface area contributed by atoms with E-state index in [0.717, 1.165) is 0 Å². The molecule has 0 saturated heterocycles. The summed E-state index contributed by atoms with van der Waals surface area (Å²) < 4.78 is 0. The molecule has 194 valence electrons. The van der Waals surface area contributed by atoms with Crippen molar-refractivity contribution in [1.29, 1.82) is 0 Å². The van der Waals surface area contributed by atoms with Crippen LogP contribution in [0, 0.1) is 11.8 Å². The van der Waals surface area contributed by atoms with Crippen molar-refractivity contribution in [1.82, 2.24) is 9.88 Å². The molecule has 0 saturated carbocycles. The van der Waals surface area contributed by atoms with Crippen molar-refractivity contribution in [3.05, 3.63) is 39.5 Å². The number of allylic oxidation sites excluding steroid dienone is 1. The Balaban J connectivity index is 1.99. The molecule has 0 spiro atoms. The SMILES string of the molecule is CCCc1nc(N(C)C)c2c(c1O)C(=O)C1=C(O)[C@]3(O)C(=O)C(C(N)=O)=C(O)[C@@H](N(C)C)[C@@H]3C[C@@H]1C2. The van der Waals surface area contributed by atoms with E-state index in [1.807, 2.05) is 6.92 Å². The number of pyridine rings is 1. The van der Waals surface area contributed by atoms with Crippen LogP contribution in [-0.2, 0) is 22.4 Å². The number of aromatic nitrogens is 1. The minimum absolute atomic E-state index is 0.0158. The molecular weight excluding hydrogens is 468 g/mol. The van der Waals surface area contributed by atoms with Gasteiger partial charge in [0.2, 0.25) is 5.78 Å². The predicted molar refractivity (Wildman–Crippen MR) is 130 cm³/mol. The van der Waals surface area contributed by atoms with Crippen LogP contribution < -0.4 is 10.6 Å². The van der Waals surface area contributed by atoms with E-state index >= 15 is 0 Å². The molecule has 0 aromatic carbocycles. The Bertz CT molecular complexity index is 1250. The number of ketones is 2. The largest absolute Gasteiger partial charge is 0.510 e. The van der Waals surface area contributed by atoms with E-state index in [4.69, 9.17) is 5.73 Å². The average Bonchev–Trinajstić information content (AvgIpc) is 2.77. The standard InChI is InChI=1S/C25H32N4O7/c1-6-7-13-18(30)15-11(24(27-13)29(4)5)8-10-9-12-17(28(2)3)20(32)16(23(26)35)22(34)25(12,36)21(33)14(10)19(15)31/h10,12,17,30,32-33,36H,6-9H2,1-5H3,(H2,26,35)/t10-,12-,17-,25-/m0/s1. The Labute approximate surface area is 208 Å². The Morgan fingerprint density at radius 3 is 2.33 bits per heavy atom. The first kappa shape index (κ1) is 25.6. The Morgan fingerprint density at radius 2 is 1.81 bits per heavy atom. The second-order valence-electron chi connectivity index (χ2n) is 10.2. The highest BCUT2D eigenvalue weighted by Gasteiger charge is 2.63. The summed E-state index contributed by atoms with van der Waals surface area (Å²) >= 11 is 0. The van der Waals surface area contributed by atoms with Crippen molar-refractivity contribution in [3.63, 3.8) is 0 Å². The first-order valence-electron chi connectivity index (χ1n) is 11.9. The van der Waals surface area contributed by atoms with Gasteiger partial charge in [-0.25, -0.2) is 4.98 Å². The van der Waals surface area contributed by atoms with Crippen LogP contribution in [0.2, 0.25) is 0 Å². The molecule has 0 bridgehead atoms. The highest BCUT2D eigenvalue weighted by atomic mass is 16.3. The fourth-order valence-electron chi connectivity index (χ4n) is 6.02. The average molecular weight is 501 g/mol. The van der Waals surface area contributed by atoms with E-state index in [-0.39, 0.29) is 29.7 Å². The summed E-state index contributed by atoms with van der Waals surface area (Å²) in [5, 5.41) is 44.8. The lowest BCUT2D eigenvalue weighted by atomic mass is 9.58. The zero-order valence-electron chi connectivity index (χ0n) is 21.0. The molecule has 3 aliphatic carbocycles. The van der Waals surface area contributed by atoms with E-state index in [1.165, 1.54) is 4.90 Å².